The van der Waals surface area contributed by atoms with Crippen LogP contribution in [0.25, 0.3) is 0 Å². The molecule has 3 heteroatoms. The average Bonchev–Trinajstić information content (AvgIpc) is 2.79. The second-order valence-corrected chi connectivity index (χ2v) is 6.98. The molecule has 1 saturated heterocycles. The first-order valence-electron chi connectivity index (χ1n) is 6.80. The molecule has 0 aromatic heterocycles. The van der Waals surface area contributed by atoms with Crippen LogP contribution >= 0.6 is 11.8 Å². The van der Waals surface area contributed by atoms with Gasteiger partial charge in [-0.15, -0.1) is 0 Å². The minimum absolute atomic E-state index is 0.254. The third kappa shape index (κ3) is 3.21. The van der Waals surface area contributed by atoms with Crippen molar-refractivity contribution in [1.29, 1.82) is 0 Å². The van der Waals surface area contributed by atoms with E-state index in [0.717, 1.165) is 18.5 Å². The Hall–Kier alpha value is -0.670. The molecule has 0 spiro atoms. The normalized spacial score (nSPS) is 25.2. The van der Waals surface area contributed by atoms with E-state index in [2.05, 4.69) is 30.9 Å². The number of phenolic OH excluding ortho intramolecular Hbond substituents is 1. The van der Waals surface area contributed by atoms with Crippen LogP contribution < -0.4 is 5.32 Å². The maximum atomic E-state index is 9.92. The molecular formula is C15H23NOS. The standard InChI is InChI=1S/C15H23NOS/c1-3-13(12-7-4-5-8-14(12)17)16-11-15(2)9-6-10-18-15/h4-5,7-8,13,16-17H,3,6,9-11H2,1-2H3. The zero-order valence-corrected chi connectivity index (χ0v) is 12.1. The molecule has 1 heterocycles. The Bertz CT molecular complexity index is 388. The van der Waals surface area contributed by atoms with E-state index in [9.17, 15) is 5.11 Å². The molecule has 100 valence electrons. The van der Waals surface area contributed by atoms with E-state index in [1.54, 1.807) is 6.07 Å². The molecule has 1 aliphatic rings. The Labute approximate surface area is 114 Å². The van der Waals surface area contributed by atoms with Crippen LogP contribution in [0.1, 0.15) is 44.7 Å². The highest BCUT2D eigenvalue weighted by Crippen LogP contribution is 2.38. The van der Waals surface area contributed by atoms with Gasteiger partial charge in [0.2, 0.25) is 0 Å². The van der Waals surface area contributed by atoms with Crippen molar-refractivity contribution in [1.82, 2.24) is 5.32 Å². The van der Waals surface area contributed by atoms with Crippen molar-refractivity contribution in [3.05, 3.63) is 29.8 Å². The first-order chi connectivity index (χ1) is 8.64. The maximum absolute atomic E-state index is 9.92. The van der Waals surface area contributed by atoms with Crippen LogP contribution in [0.5, 0.6) is 5.75 Å². The van der Waals surface area contributed by atoms with Gasteiger partial charge < -0.3 is 10.4 Å². The molecule has 0 aliphatic carbocycles. The monoisotopic (exact) mass is 265 g/mol. The van der Waals surface area contributed by atoms with E-state index in [1.165, 1.54) is 18.6 Å². The molecule has 1 aliphatic heterocycles. The Morgan fingerprint density at radius 2 is 2.22 bits per heavy atom. The molecule has 1 fully saturated rings. The fraction of sp³-hybridized carbons (Fsp3) is 0.600. The van der Waals surface area contributed by atoms with Crippen LogP contribution in [0.2, 0.25) is 0 Å². The summed E-state index contributed by atoms with van der Waals surface area (Å²) in [6, 6.07) is 7.90. The van der Waals surface area contributed by atoms with Gasteiger partial charge in [0.05, 0.1) is 0 Å². The minimum atomic E-state index is 0.254. The van der Waals surface area contributed by atoms with Crippen molar-refractivity contribution >= 4 is 11.8 Å². The minimum Gasteiger partial charge on any atom is -0.508 e. The lowest BCUT2D eigenvalue weighted by Gasteiger charge is -2.27. The van der Waals surface area contributed by atoms with Gasteiger partial charge in [-0.3, -0.25) is 0 Å². The molecule has 2 rings (SSSR count). The van der Waals surface area contributed by atoms with E-state index in [1.807, 2.05) is 18.2 Å². The van der Waals surface area contributed by atoms with Gasteiger partial charge in [-0.05, 0) is 38.0 Å². The zero-order valence-electron chi connectivity index (χ0n) is 11.3. The third-order valence-corrected chi connectivity index (χ3v) is 5.28. The molecule has 1 aromatic carbocycles. The van der Waals surface area contributed by atoms with Crippen molar-refractivity contribution in [2.75, 3.05) is 12.3 Å². The second kappa shape index (κ2) is 5.98. The van der Waals surface area contributed by atoms with Gasteiger partial charge in [-0.2, -0.15) is 11.8 Å². The molecule has 2 nitrogen and oxygen atoms in total. The summed E-state index contributed by atoms with van der Waals surface area (Å²) in [4.78, 5) is 0. The van der Waals surface area contributed by atoms with Crippen molar-refractivity contribution in [2.45, 2.75) is 43.9 Å². The van der Waals surface area contributed by atoms with Gasteiger partial charge in [-0.1, -0.05) is 25.1 Å². The third-order valence-electron chi connectivity index (χ3n) is 3.74. The highest BCUT2D eigenvalue weighted by molar-refractivity contribution is 8.00. The van der Waals surface area contributed by atoms with E-state index >= 15 is 0 Å². The number of rotatable bonds is 5. The molecule has 1 aromatic rings. The van der Waals surface area contributed by atoms with Gasteiger partial charge in [0.25, 0.3) is 0 Å². The summed E-state index contributed by atoms with van der Waals surface area (Å²) >= 11 is 2.07. The molecule has 0 radical (unpaired) electrons. The quantitative estimate of drug-likeness (QED) is 0.851. The first-order valence-corrected chi connectivity index (χ1v) is 7.78. The van der Waals surface area contributed by atoms with Crippen LogP contribution in [-0.4, -0.2) is 22.2 Å². The van der Waals surface area contributed by atoms with Gasteiger partial charge in [0, 0.05) is 22.9 Å². The predicted molar refractivity (Wildman–Crippen MR) is 79.2 cm³/mol. The molecule has 2 atom stereocenters. The van der Waals surface area contributed by atoms with Crippen LogP contribution in [0, 0.1) is 0 Å². The summed E-state index contributed by atoms with van der Waals surface area (Å²) in [5.74, 6) is 1.69. The van der Waals surface area contributed by atoms with Crippen LogP contribution in [-0.2, 0) is 0 Å². The number of thioether (sulfide) groups is 1. The Morgan fingerprint density at radius 1 is 1.44 bits per heavy atom. The average molecular weight is 265 g/mol. The van der Waals surface area contributed by atoms with Crippen molar-refractivity contribution in [3.8, 4) is 5.75 Å². The number of hydrogen-bond acceptors (Lipinski definition) is 3. The number of benzene rings is 1. The highest BCUT2D eigenvalue weighted by atomic mass is 32.2. The molecule has 0 amide bonds. The lowest BCUT2D eigenvalue weighted by molar-refractivity contribution is 0.426. The molecule has 0 saturated carbocycles. The van der Waals surface area contributed by atoms with Crippen molar-refractivity contribution in [3.63, 3.8) is 0 Å². The predicted octanol–water partition coefficient (Wildman–Crippen LogP) is 3.72. The van der Waals surface area contributed by atoms with Gasteiger partial charge in [-0.25, -0.2) is 0 Å². The van der Waals surface area contributed by atoms with Gasteiger partial charge in [0.15, 0.2) is 0 Å². The zero-order chi connectivity index (χ0) is 13.0. The topological polar surface area (TPSA) is 32.3 Å². The van der Waals surface area contributed by atoms with E-state index in [-0.39, 0.29) is 6.04 Å². The fourth-order valence-electron chi connectivity index (χ4n) is 2.57. The van der Waals surface area contributed by atoms with E-state index in [0.29, 0.717) is 10.5 Å². The van der Waals surface area contributed by atoms with E-state index in [4.69, 9.17) is 0 Å². The number of nitrogens with one attached hydrogen (secondary N) is 1. The maximum Gasteiger partial charge on any atom is 0.120 e. The largest absolute Gasteiger partial charge is 0.508 e. The smallest absolute Gasteiger partial charge is 0.120 e. The van der Waals surface area contributed by atoms with Crippen LogP contribution in [0.15, 0.2) is 24.3 Å². The lowest BCUT2D eigenvalue weighted by Crippen LogP contribution is -2.35. The summed E-state index contributed by atoms with van der Waals surface area (Å²) in [5, 5.41) is 13.6. The Kier molecular flexibility index (Phi) is 4.57. The second-order valence-electron chi connectivity index (χ2n) is 5.30. The highest BCUT2D eigenvalue weighted by Gasteiger charge is 2.30. The molecular weight excluding hydrogens is 242 g/mol. The summed E-state index contributed by atoms with van der Waals surface area (Å²) in [6.07, 6.45) is 3.62. The fourth-order valence-corrected chi connectivity index (χ4v) is 3.83. The van der Waals surface area contributed by atoms with Crippen molar-refractivity contribution in [2.24, 2.45) is 0 Å². The Morgan fingerprint density at radius 3 is 2.83 bits per heavy atom. The lowest BCUT2D eigenvalue weighted by atomic mass is 10.0. The summed E-state index contributed by atoms with van der Waals surface area (Å²) in [7, 11) is 0. The molecule has 2 N–H and O–H groups in total. The van der Waals surface area contributed by atoms with Gasteiger partial charge >= 0.3 is 0 Å². The molecule has 2 unspecified atom stereocenters. The number of phenols is 1. The number of hydrogen-bond donors (Lipinski definition) is 2. The van der Waals surface area contributed by atoms with Crippen LogP contribution in [0.3, 0.4) is 0 Å². The summed E-state index contributed by atoms with van der Waals surface area (Å²) in [5.41, 5.74) is 1.02. The Balaban J connectivity index is 1.99. The summed E-state index contributed by atoms with van der Waals surface area (Å²) in [6.45, 7) is 5.52. The molecule has 0 bridgehead atoms. The number of aromatic hydroxyl groups is 1. The van der Waals surface area contributed by atoms with Crippen molar-refractivity contribution < 1.29 is 5.11 Å². The SMILES string of the molecule is CCC(NCC1(C)CCCS1)c1ccccc1O. The van der Waals surface area contributed by atoms with Crippen LogP contribution in [0.4, 0.5) is 0 Å². The summed E-state index contributed by atoms with van der Waals surface area (Å²) < 4.78 is 0.373. The number of para-hydroxylation sites is 1. The first kappa shape index (κ1) is 13.8. The van der Waals surface area contributed by atoms with Gasteiger partial charge in [0.1, 0.15) is 5.75 Å². The molecule has 18 heavy (non-hydrogen) atoms. The van der Waals surface area contributed by atoms with E-state index < -0.39 is 0 Å².